The standard InChI is InChI=1S/C19H34N4/c1-3-4-5-12-22(2)13-6-10-21-11-15-23-14-9-17-7-8-18(20)16-19(17)23/h7-8,16,21H,3-6,9-15,20H2,1-2H3/p+1. The number of hydrogen-bond donors (Lipinski definition) is 3. The number of nitrogens with zero attached hydrogens (tertiary/aromatic N) is 1. The van der Waals surface area contributed by atoms with Gasteiger partial charge in [0.05, 0.1) is 20.1 Å². The highest BCUT2D eigenvalue weighted by Crippen LogP contribution is 2.29. The molecule has 1 unspecified atom stereocenters. The summed E-state index contributed by atoms with van der Waals surface area (Å²) in [7, 11) is 2.32. The van der Waals surface area contributed by atoms with Crippen LogP contribution in [0.5, 0.6) is 0 Å². The van der Waals surface area contributed by atoms with E-state index in [-0.39, 0.29) is 0 Å². The molecule has 1 aromatic carbocycles. The van der Waals surface area contributed by atoms with Crippen molar-refractivity contribution < 1.29 is 4.90 Å². The lowest BCUT2D eigenvalue weighted by molar-refractivity contribution is -0.880. The lowest BCUT2D eigenvalue weighted by Crippen LogP contribution is -3.09. The van der Waals surface area contributed by atoms with E-state index in [9.17, 15) is 0 Å². The highest BCUT2D eigenvalue weighted by Gasteiger charge is 2.18. The molecule has 4 N–H and O–H groups in total. The van der Waals surface area contributed by atoms with Crippen molar-refractivity contribution in [2.75, 3.05) is 56.9 Å². The summed E-state index contributed by atoms with van der Waals surface area (Å²) in [5, 5.41) is 3.59. The molecule has 4 nitrogen and oxygen atoms in total. The fourth-order valence-electron chi connectivity index (χ4n) is 3.35. The summed E-state index contributed by atoms with van der Waals surface area (Å²) in [6, 6.07) is 6.31. The van der Waals surface area contributed by atoms with Gasteiger partial charge in [-0.1, -0.05) is 19.4 Å². The fraction of sp³-hybridized carbons (Fsp3) is 0.684. The normalized spacial score (nSPS) is 15.0. The molecule has 23 heavy (non-hydrogen) atoms. The second-order valence-corrected chi connectivity index (χ2v) is 6.89. The lowest BCUT2D eigenvalue weighted by atomic mass is 10.1. The highest BCUT2D eigenvalue weighted by atomic mass is 15.2. The van der Waals surface area contributed by atoms with Gasteiger partial charge in [-0.2, -0.15) is 0 Å². The van der Waals surface area contributed by atoms with Gasteiger partial charge in [0.25, 0.3) is 0 Å². The van der Waals surface area contributed by atoms with E-state index in [0.717, 1.165) is 38.3 Å². The number of quaternary nitrogens is 1. The Morgan fingerprint density at radius 2 is 2.00 bits per heavy atom. The maximum atomic E-state index is 5.91. The van der Waals surface area contributed by atoms with Crippen molar-refractivity contribution in [3.63, 3.8) is 0 Å². The Labute approximate surface area is 142 Å². The fourth-order valence-corrected chi connectivity index (χ4v) is 3.35. The van der Waals surface area contributed by atoms with E-state index in [4.69, 9.17) is 5.73 Å². The molecule has 0 radical (unpaired) electrons. The Bertz CT molecular complexity index is 461. The number of unbranched alkanes of at least 4 members (excludes halogenated alkanes) is 2. The summed E-state index contributed by atoms with van der Waals surface area (Å²) >= 11 is 0. The molecule has 1 aliphatic rings. The van der Waals surface area contributed by atoms with E-state index in [1.54, 1.807) is 4.90 Å². The van der Waals surface area contributed by atoms with Crippen LogP contribution in [0, 0.1) is 0 Å². The predicted octanol–water partition coefficient (Wildman–Crippen LogP) is 1.32. The molecule has 0 aromatic heterocycles. The number of rotatable bonds is 11. The number of nitrogens with one attached hydrogen (secondary N) is 2. The van der Waals surface area contributed by atoms with Crippen LogP contribution in [0.15, 0.2) is 18.2 Å². The third-order valence-electron chi connectivity index (χ3n) is 4.82. The smallest absolute Gasteiger partial charge is 0.0781 e. The Kier molecular flexibility index (Phi) is 7.69. The molecule has 1 atom stereocenters. The van der Waals surface area contributed by atoms with E-state index < -0.39 is 0 Å². The predicted molar refractivity (Wildman–Crippen MR) is 100 cm³/mol. The Morgan fingerprint density at radius 1 is 1.17 bits per heavy atom. The van der Waals surface area contributed by atoms with Gasteiger partial charge in [0.15, 0.2) is 0 Å². The van der Waals surface area contributed by atoms with Gasteiger partial charge in [-0.05, 0) is 37.0 Å². The third kappa shape index (κ3) is 6.04. The molecule has 0 amide bonds. The first-order valence-corrected chi connectivity index (χ1v) is 9.36. The van der Waals surface area contributed by atoms with Crippen molar-refractivity contribution in [1.82, 2.24) is 5.32 Å². The first-order valence-electron chi connectivity index (χ1n) is 9.36. The van der Waals surface area contributed by atoms with E-state index in [2.05, 4.69) is 36.3 Å². The molecular formula is C19H35N4+. The SMILES string of the molecule is CCCCC[NH+](C)CCCNCCN1CCc2ccc(N)cc21. The summed E-state index contributed by atoms with van der Waals surface area (Å²) in [4.78, 5) is 4.13. The van der Waals surface area contributed by atoms with E-state index in [0.29, 0.717) is 0 Å². The van der Waals surface area contributed by atoms with E-state index >= 15 is 0 Å². The largest absolute Gasteiger partial charge is 0.399 e. The molecule has 0 spiro atoms. The van der Waals surface area contributed by atoms with Crippen LogP contribution < -0.4 is 20.9 Å². The van der Waals surface area contributed by atoms with Crippen LogP contribution in [0.4, 0.5) is 11.4 Å². The van der Waals surface area contributed by atoms with Gasteiger partial charge >= 0.3 is 0 Å². The molecular weight excluding hydrogens is 284 g/mol. The van der Waals surface area contributed by atoms with Crippen molar-refractivity contribution >= 4 is 11.4 Å². The van der Waals surface area contributed by atoms with Crippen LogP contribution >= 0.6 is 0 Å². The number of fused-ring (bicyclic) bond motifs is 1. The molecule has 0 aliphatic carbocycles. The monoisotopic (exact) mass is 319 g/mol. The molecule has 130 valence electrons. The molecule has 0 bridgehead atoms. The summed E-state index contributed by atoms with van der Waals surface area (Å²) < 4.78 is 0. The third-order valence-corrected chi connectivity index (χ3v) is 4.82. The number of nitrogens with two attached hydrogens (primary N) is 1. The topological polar surface area (TPSA) is 45.7 Å². The van der Waals surface area contributed by atoms with Gasteiger partial charge in [0.2, 0.25) is 0 Å². The van der Waals surface area contributed by atoms with Crippen molar-refractivity contribution in [3.8, 4) is 0 Å². The maximum absolute atomic E-state index is 5.91. The summed E-state index contributed by atoms with van der Waals surface area (Å²) in [5.41, 5.74) is 9.57. The molecule has 4 heteroatoms. The van der Waals surface area contributed by atoms with Crippen LogP contribution in [0.25, 0.3) is 0 Å². The Hall–Kier alpha value is -1.26. The van der Waals surface area contributed by atoms with Crippen LogP contribution in [0.2, 0.25) is 0 Å². The van der Waals surface area contributed by atoms with Gasteiger partial charge in [-0.3, -0.25) is 0 Å². The first kappa shape index (κ1) is 18.1. The quantitative estimate of drug-likeness (QED) is 0.426. The summed E-state index contributed by atoms with van der Waals surface area (Å²) in [5.74, 6) is 0. The molecule has 0 saturated carbocycles. The van der Waals surface area contributed by atoms with Gasteiger partial charge in [0.1, 0.15) is 0 Å². The summed E-state index contributed by atoms with van der Waals surface area (Å²) in [6.45, 7) is 9.26. The second kappa shape index (κ2) is 9.78. The number of anilines is 2. The van der Waals surface area contributed by atoms with Gasteiger partial charge < -0.3 is 20.9 Å². The molecule has 1 aromatic rings. The van der Waals surface area contributed by atoms with Crippen LogP contribution in [0.1, 0.15) is 38.2 Å². The zero-order valence-corrected chi connectivity index (χ0v) is 15.0. The minimum Gasteiger partial charge on any atom is -0.399 e. The van der Waals surface area contributed by atoms with E-state index in [1.807, 2.05) is 6.07 Å². The lowest BCUT2D eigenvalue weighted by Gasteiger charge is -2.20. The minimum absolute atomic E-state index is 0.873. The van der Waals surface area contributed by atoms with Crippen LogP contribution in [-0.2, 0) is 6.42 Å². The second-order valence-electron chi connectivity index (χ2n) is 6.89. The van der Waals surface area contributed by atoms with Crippen molar-refractivity contribution in [2.24, 2.45) is 0 Å². The van der Waals surface area contributed by atoms with Gasteiger partial charge in [0, 0.05) is 44.0 Å². The average molecular weight is 320 g/mol. The highest BCUT2D eigenvalue weighted by molar-refractivity contribution is 5.64. The van der Waals surface area contributed by atoms with Crippen LogP contribution in [-0.4, -0.2) is 46.3 Å². The van der Waals surface area contributed by atoms with Crippen LogP contribution in [0.3, 0.4) is 0 Å². The molecule has 0 fully saturated rings. The average Bonchev–Trinajstić information content (AvgIpc) is 2.93. The van der Waals surface area contributed by atoms with Crippen molar-refractivity contribution in [2.45, 2.75) is 39.0 Å². The number of nitrogen functional groups attached to an aromatic ring is 1. The zero-order chi connectivity index (χ0) is 16.5. The molecule has 1 aliphatic heterocycles. The molecule has 0 saturated heterocycles. The minimum atomic E-state index is 0.873. The number of benzene rings is 1. The Morgan fingerprint density at radius 3 is 2.83 bits per heavy atom. The van der Waals surface area contributed by atoms with Gasteiger partial charge in [-0.25, -0.2) is 0 Å². The maximum Gasteiger partial charge on any atom is 0.0781 e. The van der Waals surface area contributed by atoms with Gasteiger partial charge in [-0.15, -0.1) is 0 Å². The number of hydrogen-bond acceptors (Lipinski definition) is 3. The summed E-state index contributed by atoms with van der Waals surface area (Å²) in [6.07, 6.45) is 6.48. The molecule has 2 rings (SSSR count). The van der Waals surface area contributed by atoms with Crippen molar-refractivity contribution in [3.05, 3.63) is 23.8 Å². The first-order chi connectivity index (χ1) is 11.2. The zero-order valence-electron chi connectivity index (χ0n) is 15.0. The van der Waals surface area contributed by atoms with Crippen molar-refractivity contribution in [1.29, 1.82) is 0 Å². The molecule has 1 heterocycles. The van der Waals surface area contributed by atoms with E-state index in [1.165, 1.54) is 50.0 Å². The Balaban J connectivity index is 1.54.